The zero-order valence-corrected chi connectivity index (χ0v) is 19.0. The molecule has 168 valence electrons. The van der Waals surface area contributed by atoms with E-state index >= 15 is 0 Å². The van der Waals surface area contributed by atoms with Gasteiger partial charge in [-0.15, -0.1) is 0 Å². The van der Waals surface area contributed by atoms with E-state index in [4.69, 9.17) is 10.1 Å². The summed E-state index contributed by atoms with van der Waals surface area (Å²) in [7, 11) is -3.43. The molecule has 0 unspecified atom stereocenters. The Hall–Kier alpha value is -3.23. The molecule has 2 aliphatic rings. The van der Waals surface area contributed by atoms with Gasteiger partial charge < -0.3 is 5.32 Å². The van der Waals surface area contributed by atoms with E-state index < -0.39 is 10.0 Å². The van der Waals surface area contributed by atoms with E-state index in [1.807, 2.05) is 53.0 Å². The van der Waals surface area contributed by atoms with Gasteiger partial charge in [0.2, 0.25) is 10.0 Å². The van der Waals surface area contributed by atoms with Crippen LogP contribution in [0.1, 0.15) is 37.3 Å². The fourth-order valence-electron chi connectivity index (χ4n) is 4.35. The minimum atomic E-state index is -3.43. The van der Waals surface area contributed by atoms with E-state index in [0.717, 1.165) is 46.9 Å². The summed E-state index contributed by atoms with van der Waals surface area (Å²) in [6.07, 6.45) is 4.19. The zero-order valence-electron chi connectivity index (χ0n) is 18.2. The predicted molar refractivity (Wildman–Crippen MR) is 128 cm³/mol. The van der Waals surface area contributed by atoms with Gasteiger partial charge >= 0.3 is 0 Å². The highest BCUT2D eigenvalue weighted by Crippen LogP contribution is 2.40. The number of rotatable bonds is 6. The van der Waals surface area contributed by atoms with Crippen LogP contribution in [0.4, 0.5) is 11.5 Å². The van der Waals surface area contributed by atoms with Crippen molar-refractivity contribution in [3.63, 3.8) is 0 Å². The van der Waals surface area contributed by atoms with E-state index in [9.17, 15) is 8.42 Å². The zero-order chi connectivity index (χ0) is 22.4. The normalized spacial score (nSPS) is 17.0. The topological polar surface area (TPSA) is 79.6 Å². The maximum absolute atomic E-state index is 12.8. The lowest BCUT2D eigenvalue weighted by Gasteiger charge is -2.16. The highest BCUT2D eigenvalue weighted by atomic mass is 32.2. The quantitative estimate of drug-likeness (QED) is 0.448. The lowest BCUT2D eigenvalue weighted by molar-refractivity contribution is 0.477. The van der Waals surface area contributed by atoms with Crippen LogP contribution in [0, 0.1) is 0 Å². The molecule has 0 spiro atoms. The number of sulfonamides is 1. The van der Waals surface area contributed by atoms with Crippen molar-refractivity contribution in [2.45, 2.75) is 36.5 Å². The van der Waals surface area contributed by atoms with Gasteiger partial charge in [-0.1, -0.05) is 30.3 Å². The van der Waals surface area contributed by atoms with Crippen LogP contribution < -0.4 is 5.32 Å². The van der Waals surface area contributed by atoms with Crippen LogP contribution >= 0.6 is 0 Å². The summed E-state index contributed by atoms with van der Waals surface area (Å²) in [5.41, 5.74) is 4.56. The lowest BCUT2D eigenvalue weighted by atomic mass is 10.1. The molecule has 0 atom stereocenters. The van der Waals surface area contributed by atoms with Gasteiger partial charge in [-0.3, -0.25) is 0 Å². The van der Waals surface area contributed by atoms with E-state index in [1.54, 1.807) is 16.4 Å². The van der Waals surface area contributed by atoms with E-state index in [0.29, 0.717) is 23.9 Å². The highest BCUT2D eigenvalue weighted by molar-refractivity contribution is 7.89. The van der Waals surface area contributed by atoms with Crippen LogP contribution in [0.25, 0.3) is 16.9 Å². The molecule has 1 saturated carbocycles. The molecule has 2 fully saturated rings. The molecule has 2 aromatic carbocycles. The maximum Gasteiger partial charge on any atom is 0.243 e. The number of hydrogen-bond acceptors (Lipinski definition) is 5. The first kappa shape index (κ1) is 20.4. The van der Waals surface area contributed by atoms with Crippen molar-refractivity contribution >= 4 is 27.2 Å². The Bertz CT molecular complexity index is 1400. The monoisotopic (exact) mass is 459 g/mol. The number of benzene rings is 2. The molecule has 0 radical (unpaired) electrons. The molecule has 3 heterocycles. The maximum atomic E-state index is 12.8. The first-order valence-corrected chi connectivity index (χ1v) is 12.9. The van der Waals surface area contributed by atoms with Gasteiger partial charge in [-0.05, 0) is 49.9 Å². The molecule has 33 heavy (non-hydrogen) atoms. The highest BCUT2D eigenvalue weighted by Gasteiger charge is 2.28. The van der Waals surface area contributed by atoms with Crippen LogP contribution in [0.15, 0.2) is 71.6 Å². The Kier molecular flexibility index (Phi) is 4.92. The van der Waals surface area contributed by atoms with Crippen LogP contribution in [-0.4, -0.2) is 40.4 Å². The van der Waals surface area contributed by atoms with Crippen LogP contribution in [-0.2, 0) is 10.0 Å². The molecule has 0 amide bonds. The molecule has 8 heteroatoms. The summed E-state index contributed by atoms with van der Waals surface area (Å²) < 4.78 is 29.1. The van der Waals surface area contributed by atoms with E-state index in [-0.39, 0.29) is 0 Å². The van der Waals surface area contributed by atoms with E-state index in [1.165, 1.54) is 12.8 Å². The van der Waals surface area contributed by atoms with Gasteiger partial charge in [0.1, 0.15) is 5.82 Å². The lowest BCUT2D eigenvalue weighted by Crippen LogP contribution is -2.27. The van der Waals surface area contributed by atoms with Crippen LogP contribution in [0.5, 0.6) is 0 Å². The second-order valence-corrected chi connectivity index (χ2v) is 10.7. The molecule has 1 saturated heterocycles. The third kappa shape index (κ3) is 3.89. The number of fused-ring (bicyclic) bond motifs is 1. The van der Waals surface area contributed by atoms with Crippen molar-refractivity contribution in [2.75, 3.05) is 18.4 Å². The van der Waals surface area contributed by atoms with Crippen LogP contribution in [0.2, 0.25) is 0 Å². The Morgan fingerprint density at radius 2 is 1.64 bits per heavy atom. The molecule has 4 aromatic rings. The predicted octanol–water partition coefficient (Wildman–Crippen LogP) is 4.80. The third-order valence-corrected chi connectivity index (χ3v) is 8.25. The summed E-state index contributed by atoms with van der Waals surface area (Å²) >= 11 is 0. The van der Waals surface area contributed by atoms with Gasteiger partial charge in [-0.2, -0.15) is 13.9 Å². The Balaban J connectivity index is 1.36. The minimum Gasteiger partial charge on any atom is -0.340 e. The summed E-state index contributed by atoms with van der Waals surface area (Å²) in [5.74, 6) is 1.32. The molecule has 6 rings (SSSR count). The molecule has 0 bridgehead atoms. The second kappa shape index (κ2) is 7.97. The molecular formula is C25H25N5O2S. The number of aromatic nitrogens is 3. The smallest absolute Gasteiger partial charge is 0.243 e. The molecule has 7 nitrogen and oxygen atoms in total. The Morgan fingerprint density at radius 1 is 0.909 bits per heavy atom. The number of nitrogens with one attached hydrogen (secondary N) is 1. The molecule has 1 N–H and O–H groups in total. The summed E-state index contributed by atoms with van der Waals surface area (Å²) in [6, 6.07) is 21.1. The fourth-order valence-corrected chi connectivity index (χ4v) is 5.87. The van der Waals surface area contributed by atoms with Crippen molar-refractivity contribution in [3.05, 3.63) is 72.4 Å². The fraction of sp³-hybridized carbons (Fsp3) is 0.280. The van der Waals surface area contributed by atoms with Gasteiger partial charge in [0.05, 0.1) is 16.3 Å². The number of anilines is 2. The van der Waals surface area contributed by atoms with Gasteiger partial charge in [-0.25, -0.2) is 13.4 Å². The van der Waals surface area contributed by atoms with Crippen molar-refractivity contribution in [3.8, 4) is 11.3 Å². The van der Waals surface area contributed by atoms with Crippen molar-refractivity contribution in [2.24, 2.45) is 0 Å². The average molecular weight is 460 g/mol. The first-order valence-electron chi connectivity index (χ1n) is 11.4. The molecular weight excluding hydrogens is 434 g/mol. The van der Waals surface area contributed by atoms with Crippen molar-refractivity contribution in [1.29, 1.82) is 0 Å². The average Bonchev–Trinajstić information content (AvgIpc) is 3.34. The van der Waals surface area contributed by atoms with Gasteiger partial charge in [0.15, 0.2) is 5.65 Å². The van der Waals surface area contributed by atoms with E-state index in [2.05, 4.69) is 11.4 Å². The summed E-state index contributed by atoms with van der Waals surface area (Å²) in [4.78, 5) is 5.17. The van der Waals surface area contributed by atoms with Crippen molar-refractivity contribution < 1.29 is 8.42 Å². The third-order valence-electron chi connectivity index (χ3n) is 6.34. The second-order valence-electron chi connectivity index (χ2n) is 8.77. The molecule has 2 aromatic heterocycles. The van der Waals surface area contributed by atoms with Gasteiger partial charge in [0, 0.05) is 42.4 Å². The Labute approximate surface area is 193 Å². The SMILES string of the molecule is O=S(=O)(c1ccc(Nc2cc(-c3ccccc3)nc3cc(C4CC4)nn23)cc1)N1CCCC1. The molecule has 1 aliphatic carbocycles. The van der Waals surface area contributed by atoms with Crippen molar-refractivity contribution in [1.82, 2.24) is 18.9 Å². The van der Waals surface area contributed by atoms with Crippen LogP contribution in [0.3, 0.4) is 0 Å². The van der Waals surface area contributed by atoms with Gasteiger partial charge in [0.25, 0.3) is 0 Å². The summed E-state index contributed by atoms with van der Waals surface area (Å²) in [6.45, 7) is 1.20. The summed E-state index contributed by atoms with van der Waals surface area (Å²) in [5, 5.41) is 8.23. The standard InChI is InChI=1S/C25H25N5O2S/c31-33(32,29-14-4-5-15-29)21-12-10-20(11-13-21)26-24-16-22(18-6-2-1-3-7-18)27-25-17-23(19-8-9-19)28-30(24)25/h1-3,6-7,10-13,16-17,19,26H,4-5,8-9,14-15H2. The molecule has 1 aliphatic heterocycles. The Morgan fingerprint density at radius 3 is 2.33 bits per heavy atom. The first-order chi connectivity index (χ1) is 16.1. The minimum absolute atomic E-state index is 0.329. The number of hydrogen-bond donors (Lipinski definition) is 1. The number of nitrogens with zero attached hydrogens (tertiary/aromatic N) is 4. The largest absolute Gasteiger partial charge is 0.340 e.